The van der Waals surface area contributed by atoms with E-state index in [2.05, 4.69) is 34.6 Å². The maximum Gasteiger partial charge on any atom is 0.0543 e. The van der Waals surface area contributed by atoms with Gasteiger partial charge in [-0.1, -0.05) is 60.3 Å². The summed E-state index contributed by atoms with van der Waals surface area (Å²) < 4.78 is 0. The van der Waals surface area contributed by atoms with Crippen molar-refractivity contribution in [2.75, 3.05) is 0 Å². The molecule has 10 unspecified atom stereocenters. The summed E-state index contributed by atoms with van der Waals surface area (Å²) in [6.07, 6.45) is 16.6. The minimum atomic E-state index is -0.00961. The molecule has 0 aromatic rings. The largest absolute Gasteiger partial charge is 0.393 e. The van der Waals surface area contributed by atoms with Crippen LogP contribution in [0.2, 0.25) is 0 Å². The smallest absolute Gasteiger partial charge is 0.0543 e. The summed E-state index contributed by atoms with van der Waals surface area (Å²) in [7, 11) is 0. The van der Waals surface area contributed by atoms with Crippen LogP contribution < -0.4 is 0 Å². The quantitative estimate of drug-likeness (QED) is 0.499. The summed E-state index contributed by atoms with van der Waals surface area (Å²) in [5.41, 5.74) is 0.526. The first-order valence-corrected chi connectivity index (χ1v) is 13.5. The zero-order valence-corrected chi connectivity index (χ0v) is 20.2. The van der Waals surface area contributed by atoms with Gasteiger partial charge >= 0.3 is 0 Å². The molecule has 0 heterocycles. The van der Waals surface area contributed by atoms with E-state index >= 15 is 0 Å². The molecule has 0 aliphatic heterocycles. The molecule has 1 N–H and O–H groups in total. The van der Waals surface area contributed by atoms with Crippen molar-refractivity contribution in [3.05, 3.63) is 0 Å². The second kappa shape index (κ2) is 8.84. The van der Waals surface area contributed by atoms with E-state index in [1.54, 1.807) is 0 Å². The third kappa shape index (κ3) is 4.20. The van der Waals surface area contributed by atoms with E-state index in [1.807, 2.05) is 0 Å². The summed E-state index contributed by atoms with van der Waals surface area (Å²) in [6, 6.07) is 0. The summed E-state index contributed by atoms with van der Waals surface area (Å²) in [5.74, 6) is 8.48. The summed E-state index contributed by atoms with van der Waals surface area (Å²) in [5, 5.41) is 10.3. The molecule has 0 saturated heterocycles. The Morgan fingerprint density at radius 1 is 0.897 bits per heavy atom. The van der Waals surface area contributed by atoms with E-state index in [-0.39, 0.29) is 6.10 Å². The average molecular weight is 403 g/mol. The lowest BCUT2D eigenvalue weighted by atomic mass is 9.50. The second-order valence-electron chi connectivity index (χ2n) is 12.8. The normalized spacial score (nSPS) is 48.5. The van der Waals surface area contributed by atoms with Crippen molar-refractivity contribution >= 4 is 0 Å². The first-order chi connectivity index (χ1) is 13.8. The number of hydrogen-bond donors (Lipinski definition) is 1. The van der Waals surface area contributed by atoms with Crippen molar-refractivity contribution < 1.29 is 5.11 Å². The Hall–Kier alpha value is -0.0400. The Bertz CT molecular complexity index is 540. The van der Waals surface area contributed by atoms with Crippen molar-refractivity contribution in [1.82, 2.24) is 0 Å². The zero-order chi connectivity index (χ0) is 20.8. The molecule has 0 bridgehead atoms. The Labute approximate surface area is 181 Å². The molecule has 1 heteroatoms. The topological polar surface area (TPSA) is 20.2 Å². The van der Waals surface area contributed by atoms with Gasteiger partial charge in [-0.05, 0) is 110 Å². The van der Waals surface area contributed by atoms with Gasteiger partial charge in [0.15, 0.2) is 0 Å². The molecule has 168 valence electrons. The highest BCUT2D eigenvalue weighted by atomic mass is 16.3. The van der Waals surface area contributed by atoms with Crippen LogP contribution in [0, 0.1) is 58.7 Å². The third-order valence-electron chi connectivity index (χ3n) is 10.9. The molecule has 0 aromatic carbocycles. The molecule has 4 rings (SSSR count). The summed E-state index contributed by atoms with van der Waals surface area (Å²) >= 11 is 0. The molecule has 0 aromatic heterocycles. The van der Waals surface area contributed by atoms with E-state index in [9.17, 15) is 5.11 Å². The zero-order valence-electron chi connectivity index (χ0n) is 20.2. The van der Waals surface area contributed by atoms with E-state index in [4.69, 9.17) is 0 Å². The van der Waals surface area contributed by atoms with Gasteiger partial charge in [-0.15, -0.1) is 0 Å². The number of aliphatic hydroxyl groups is 1. The first kappa shape index (κ1) is 22.2. The van der Waals surface area contributed by atoms with Crippen LogP contribution in [0.4, 0.5) is 0 Å². The van der Waals surface area contributed by atoms with Crippen molar-refractivity contribution in [2.24, 2.45) is 58.7 Å². The molecule has 0 amide bonds. The minimum Gasteiger partial charge on any atom is -0.393 e. The fourth-order valence-electron chi connectivity index (χ4n) is 9.26. The fraction of sp³-hybridized carbons (Fsp3) is 1.00. The second-order valence-corrected chi connectivity index (χ2v) is 12.8. The number of rotatable bonds is 5. The third-order valence-corrected chi connectivity index (χ3v) is 10.9. The van der Waals surface area contributed by atoms with Crippen LogP contribution in [-0.2, 0) is 0 Å². The maximum atomic E-state index is 10.3. The van der Waals surface area contributed by atoms with Crippen LogP contribution in [0.15, 0.2) is 0 Å². The molecular formula is C28H50O. The molecule has 29 heavy (non-hydrogen) atoms. The molecule has 0 spiro atoms. The summed E-state index contributed by atoms with van der Waals surface area (Å²) in [6.45, 7) is 12.6. The van der Waals surface area contributed by atoms with Gasteiger partial charge in [0.25, 0.3) is 0 Å². The number of aliphatic hydroxyl groups excluding tert-OH is 1. The van der Waals surface area contributed by atoms with Gasteiger partial charge < -0.3 is 5.11 Å². The Balaban J connectivity index is 1.49. The van der Waals surface area contributed by atoms with Gasteiger partial charge in [0.05, 0.1) is 6.10 Å². The molecule has 0 radical (unpaired) electrons. The van der Waals surface area contributed by atoms with Crippen molar-refractivity contribution in [3.63, 3.8) is 0 Å². The van der Waals surface area contributed by atoms with Gasteiger partial charge in [0.2, 0.25) is 0 Å². The van der Waals surface area contributed by atoms with Crippen molar-refractivity contribution in [2.45, 2.75) is 118 Å². The van der Waals surface area contributed by atoms with Crippen LogP contribution in [0.3, 0.4) is 0 Å². The highest BCUT2D eigenvalue weighted by Gasteiger charge is 2.56. The van der Waals surface area contributed by atoms with Crippen LogP contribution in [-0.4, -0.2) is 11.2 Å². The highest BCUT2D eigenvalue weighted by Crippen LogP contribution is 2.64. The van der Waals surface area contributed by atoms with Crippen LogP contribution in [0.5, 0.6) is 0 Å². The molecular weight excluding hydrogens is 352 g/mol. The van der Waals surface area contributed by atoms with Crippen molar-refractivity contribution in [1.29, 1.82) is 0 Å². The molecule has 10 atom stereocenters. The summed E-state index contributed by atoms with van der Waals surface area (Å²) in [4.78, 5) is 0. The lowest BCUT2D eigenvalue weighted by Gasteiger charge is -2.56. The van der Waals surface area contributed by atoms with E-state index in [0.29, 0.717) is 5.41 Å². The Morgan fingerprint density at radius 2 is 1.66 bits per heavy atom. The maximum absolute atomic E-state index is 10.3. The first-order valence-electron chi connectivity index (χ1n) is 13.5. The fourth-order valence-corrected chi connectivity index (χ4v) is 9.26. The lowest BCUT2D eigenvalue weighted by Crippen LogP contribution is -2.49. The minimum absolute atomic E-state index is 0.00961. The van der Waals surface area contributed by atoms with Gasteiger partial charge in [-0.25, -0.2) is 0 Å². The van der Waals surface area contributed by atoms with Gasteiger partial charge in [-0.2, -0.15) is 0 Å². The average Bonchev–Trinajstić information content (AvgIpc) is 3.05. The molecule has 4 aliphatic rings. The van der Waals surface area contributed by atoms with Crippen molar-refractivity contribution in [3.8, 4) is 0 Å². The standard InChI is InChI=1S/C28H50O/c1-18(2)7-6-8-19(3)23-12-13-25-24-11-10-21-17-22(29)15-16-28(21,5)26(24)14-9-20(4)27(23)25/h18-27,29H,6-17H2,1-5H3. The highest BCUT2D eigenvalue weighted by molar-refractivity contribution is 5.05. The molecule has 4 fully saturated rings. The Kier molecular flexibility index (Phi) is 6.75. The van der Waals surface area contributed by atoms with Gasteiger partial charge in [0, 0.05) is 0 Å². The van der Waals surface area contributed by atoms with E-state index in [0.717, 1.165) is 66.1 Å². The van der Waals surface area contributed by atoms with Gasteiger partial charge in [0.1, 0.15) is 0 Å². The predicted molar refractivity (Wildman–Crippen MR) is 124 cm³/mol. The number of hydrogen-bond acceptors (Lipinski definition) is 1. The van der Waals surface area contributed by atoms with Crippen LogP contribution >= 0.6 is 0 Å². The molecule has 4 saturated carbocycles. The Morgan fingerprint density at radius 3 is 2.41 bits per heavy atom. The van der Waals surface area contributed by atoms with Crippen LogP contribution in [0.1, 0.15) is 112 Å². The SMILES string of the molecule is CC(C)CCCC(C)C1CCC2C3CCC4CC(O)CCC4(C)C3CCC(C)C12. The lowest BCUT2D eigenvalue weighted by molar-refractivity contribution is -0.0857. The molecule has 1 nitrogen and oxygen atoms in total. The van der Waals surface area contributed by atoms with Gasteiger partial charge in [-0.3, -0.25) is 0 Å². The van der Waals surface area contributed by atoms with E-state index in [1.165, 1.54) is 64.2 Å². The predicted octanol–water partition coefficient (Wildman–Crippen LogP) is 7.71. The monoisotopic (exact) mass is 402 g/mol. The number of fused-ring (bicyclic) bond motifs is 5. The molecule has 4 aliphatic carbocycles. The van der Waals surface area contributed by atoms with Crippen LogP contribution in [0.25, 0.3) is 0 Å². The van der Waals surface area contributed by atoms with E-state index < -0.39 is 0 Å².